The number of benzene rings is 2. The largest absolute Gasteiger partial charge is 0.350 e. The number of aryl methyl sites for hydroxylation is 1. The number of thioether (sulfide) groups is 1. The summed E-state index contributed by atoms with van der Waals surface area (Å²) in [5, 5.41) is 0.368. The lowest BCUT2D eigenvalue weighted by molar-refractivity contribution is -0.156. The van der Waals surface area contributed by atoms with Crippen molar-refractivity contribution in [2.45, 2.75) is 63.1 Å². The third kappa shape index (κ3) is 4.59. The Morgan fingerprint density at radius 2 is 1.86 bits per heavy atom. The number of rotatable bonds is 3. The van der Waals surface area contributed by atoms with Gasteiger partial charge in [-0.05, 0) is 44.5 Å². The van der Waals surface area contributed by atoms with Crippen molar-refractivity contribution in [1.29, 1.82) is 0 Å². The molecule has 0 N–H and O–H groups in total. The summed E-state index contributed by atoms with van der Waals surface area (Å²) in [7, 11) is 0. The average molecular weight is 621 g/mol. The lowest BCUT2D eigenvalue weighted by atomic mass is 9.67. The molecule has 3 aliphatic rings. The van der Waals surface area contributed by atoms with Gasteiger partial charge in [-0.1, -0.05) is 18.2 Å². The van der Waals surface area contributed by atoms with Gasteiger partial charge in [0.15, 0.2) is 0 Å². The molecule has 2 atom stereocenters. The number of hydrogen-bond acceptors (Lipinski definition) is 5. The number of hydrogen-bond donors (Lipinski definition) is 0. The van der Waals surface area contributed by atoms with Crippen LogP contribution in [0, 0.1) is 24.0 Å². The Hall–Kier alpha value is -3.05. The zero-order chi connectivity index (χ0) is 30.3. The van der Waals surface area contributed by atoms with Gasteiger partial charge in [0, 0.05) is 83.2 Å². The van der Waals surface area contributed by atoms with Crippen LogP contribution in [-0.2, 0) is 11.3 Å². The van der Waals surface area contributed by atoms with E-state index in [2.05, 4.69) is 11.6 Å². The first-order valence-corrected chi connectivity index (χ1v) is 15.0. The Labute approximate surface area is 249 Å². The van der Waals surface area contributed by atoms with Crippen molar-refractivity contribution >= 4 is 46.0 Å². The van der Waals surface area contributed by atoms with Crippen LogP contribution in [-0.4, -0.2) is 57.2 Å². The smallest absolute Gasteiger partial charge is 0.349 e. The number of alkyl halides is 2. The topological polar surface area (TPSA) is 58.4 Å². The van der Waals surface area contributed by atoms with Crippen LogP contribution in [0.15, 0.2) is 40.5 Å². The van der Waals surface area contributed by atoms with Gasteiger partial charge < -0.3 is 9.80 Å². The minimum atomic E-state index is -2.82. The molecule has 1 amide bonds. The number of piperazine rings is 1. The van der Waals surface area contributed by atoms with Crippen LogP contribution in [0.1, 0.15) is 32.3 Å². The summed E-state index contributed by atoms with van der Waals surface area (Å²) < 4.78 is 59.3. The molecule has 3 heterocycles. The Balaban J connectivity index is 1.59. The number of carbonyl (C=O) groups excluding carboxylic acids is 1. The maximum atomic E-state index is 15.3. The normalized spacial score (nSPS) is 22.7. The van der Waals surface area contributed by atoms with E-state index in [9.17, 15) is 22.8 Å². The molecule has 1 saturated carbocycles. The van der Waals surface area contributed by atoms with E-state index >= 15 is 4.39 Å². The van der Waals surface area contributed by atoms with Crippen LogP contribution >= 0.6 is 23.4 Å². The second kappa shape index (κ2) is 10.0. The Bertz CT molecular complexity index is 1720. The van der Waals surface area contributed by atoms with Crippen molar-refractivity contribution in [2.24, 2.45) is 5.41 Å². The molecule has 6 nitrogen and oxygen atoms in total. The van der Waals surface area contributed by atoms with E-state index in [1.54, 1.807) is 11.8 Å². The lowest BCUT2D eigenvalue weighted by Gasteiger charge is -2.47. The van der Waals surface area contributed by atoms with Gasteiger partial charge in [0.05, 0.1) is 10.5 Å². The van der Waals surface area contributed by atoms with Crippen molar-refractivity contribution < 1.29 is 22.4 Å². The summed E-state index contributed by atoms with van der Waals surface area (Å²) in [4.78, 5) is 35.0. The molecule has 2 fully saturated rings. The molecule has 0 bridgehead atoms. The highest BCUT2D eigenvalue weighted by Gasteiger charge is 2.57. The average Bonchev–Trinajstić information content (AvgIpc) is 3.07. The van der Waals surface area contributed by atoms with E-state index in [1.807, 2.05) is 24.8 Å². The van der Waals surface area contributed by atoms with Crippen LogP contribution in [0.25, 0.3) is 22.0 Å². The fraction of sp³-hybridized carbons (Fsp3) is 0.433. The summed E-state index contributed by atoms with van der Waals surface area (Å²) in [6, 6.07) is 3.35. The maximum absolute atomic E-state index is 15.3. The van der Waals surface area contributed by atoms with Gasteiger partial charge in [-0.2, -0.15) is 4.98 Å². The molecule has 12 heteroatoms. The molecule has 3 aromatic rings. The molecule has 1 aromatic heterocycles. The Kier molecular flexibility index (Phi) is 6.92. The van der Waals surface area contributed by atoms with Gasteiger partial charge in [0.2, 0.25) is 11.8 Å². The van der Waals surface area contributed by atoms with Gasteiger partial charge in [-0.3, -0.25) is 9.36 Å². The van der Waals surface area contributed by atoms with E-state index in [-0.39, 0.29) is 53.7 Å². The van der Waals surface area contributed by atoms with Crippen LogP contribution in [0.3, 0.4) is 0 Å². The van der Waals surface area contributed by atoms with E-state index in [0.717, 1.165) is 6.07 Å². The zero-order valence-electron chi connectivity index (χ0n) is 23.3. The number of carbonyl (C=O) groups is 1. The first kappa shape index (κ1) is 29.0. The van der Waals surface area contributed by atoms with Gasteiger partial charge in [-0.25, -0.2) is 22.4 Å². The standard InChI is InChI=1S/C30H29ClF4N4O2S/c1-5-23(40)37-9-17(4)38(10-16(37)3)27-19-6-15(2)24(18-7-20(31)22(33)8-21(18)32)26-25(19)39(28(41)36-27)13-29(14-42-26)11-30(34,35)12-29/h5-8,16-17H,1,9-14H2,2-4H3/t16-,17+/m1/s1. The van der Waals surface area contributed by atoms with Crippen molar-refractivity contribution in [1.82, 2.24) is 14.5 Å². The predicted molar refractivity (Wildman–Crippen MR) is 157 cm³/mol. The number of nitrogens with zero attached hydrogens (tertiary/aromatic N) is 4. The van der Waals surface area contributed by atoms with Gasteiger partial charge in [0.1, 0.15) is 17.5 Å². The van der Waals surface area contributed by atoms with Crippen LogP contribution in [0.4, 0.5) is 23.4 Å². The van der Waals surface area contributed by atoms with E-state index in [4.69, 9.17) is 11.6 Å². The predicted octanol–water partition coefficient (Wildman–Crippen LogP) is 6.44. The number of aromatic nitrogens is 2. The first-order valence-electron chi connectivity index (χ1n) is 13.7. The molecular formula is C30H29ClF4N4O2S. The second-order valence-electron chi connectivity index (χ2n) is 11.9. The molecule has 1 aliphatic carbocycles. The summed E-state index contributed by atoms with van der Waals surface area (Å²) in [6.45, 7) is 10.1. The molecule has 1 spiro atoms. The maximum Gasteiger partial charge on any atom is 0.350 e. The lowest BCUT2D eigenvalue weighted by Crippen LogP contribution is -2.58. The Morgan fingerprint density at radius 1 is 1.14 bits per heavy atom. The molecule has 6 rings (SSSR count). The molecular weight excluding hydrogens is 592 g/mol. The van der Waals surface area contributed by atoms with Crippen molar-refractivity contribution in [3.8, 4) is 11.1 Å². The third-order valence-electron chi connectivity index (χ3n) is 8.67. The minimum absolute atomic E-state index is 0.0495. The highest BCUT2D eigenvalue weighted by Crippen LogP contribution is 2.58. The summed E-state index contributed by atoms with van der Waals surface area (Å²) in [6.07, 6.45) is 0.545. The summed E-state index contributed by atoms with van der Waals surface area (Å²) >= 11 is 7.38. The third-order valence-corrected chi connectivity index (χ3v) is 10.4. The molecule has 2 aliphatic heterocycles. The number of amides is 1. The molecule has 222 valence electrons. The fourth-order valence-corrected chi connectivity index (χ4v) is 8.47. The van der Waals surface area contributed by atoms with Crippen LogP contribution in [0.2, 0.25) is 5.02 Å². The number of anilines is 1. The quantitative estimate of drug-likeness (QED) is 0.192. The van der Waals surface area contributed by atoms with Crippen LogP contribution in [0.5, 0.6) is 0 Å². The molecule has 0 radical (unpaired) electrons. The van der Waals surface area contributed by atoms with Crippen molar-refractivity contribution in [3.63, 3.8) is 0 Å². The Morgan fingerprint density at radius 3 is 2.52 bits per heavy atom. The van der Waals surface area contributed by atoms with Gasteiger partial charge in [-0.15, -0.1) is 11.8 Å². The molecule has 0 unspecified atom stereocenters. The molecule has 2 aromatic carbocycles. The minimum Gasteiger partial charge on any atom is -0.349 e. The molecule has 42 heavy (non-hydrogen) atoms. The van der Waals surface area contributed by atoms with Crippen LogP contribution < -0.4 is 10.6 Å². The van der Waals surface area contributed by atoms with E-state index in [0.29, 0.717) is 45.8 Å². The van der Waals surface area contributed by atoms with Gasteiger partial charge in [0.25, 0.3) is 0 Å². The highest BCUT2D eigenvalue weighted by molar-refractivity contribution is 7.99. The first-order chi connectivity index (χ1) is 19.7. The summed E-state index contributed by atoms with van der Waals surface area (Å²) in [5.41, 5.74) is 0.184. The van der Waals surface area contributed by atoms with Gasteiger partial charge >= 0.3 is 5.69 Å². The SMILES string of the molecule is C=CC(=O)N1C[C@H](C)N(c2nc(=O)n3c4c(c(-c5cc(Cl)c(F)cc5F)c(C)cc24)SCC2(C3)CC(F)(F)C2)C[C@H]1C. The van der Waals surface area contributed by atoms with Crippen molar-refractivity contribution in [3.05, 3.63) is 63.6 Å². The van der Waals surface area contributed by atoms with E-state index < -0.39 is 28.7 Å². The number of halogens is 5. The summed E-state index contributed by atoms with van der Waals surface area (Å²) in [5.74, 6) is -4.02. The van der Waals surface area contributed by atoms with Crippen molar-refractivity contribution in [2.75, 3.05) is 23.7 Å². The zero-order valence-corrected chi connectivity index (χ0v) is 24.9. The monoisotopic (exact) mass is 620 g/mol. The fourth-order valence-electron chi connectivity index (χ4n) is 6.79. The van der Waals surface area contributed by atoms with E-state index in [1.165, 1.54) is 28.5 Å². The second-order valence-corrected chi connectivity index (χ2v) is 13.3. The molecule has 1 saturated heterocycles. The highest BCUT2D eigenvalue weighted by atomic mass is 35.5.